The summed E-state index contributed by atoms with van der Waals surface area (Å²) in [7, 11) is 0. The van der Waals surface area contributed by atoms with Crippen molar-refractivity contribution in [1.82, 2.24) is 4.90 Å². The van der Waals surface area contributed by atoms with E-state index in [-0.39, 0.29) is 18.4 Å². The summed E-state index contributed by atoms with van der Waals surface area (Å²) in [4.78, 5) is 13.6. The summed E-state index contributed by atoms with van der Waals surface area (Å²) in [5, 5.41) is 9.09. The van der Waals surface area contributed by atoms with Crippen LogP contribution >= 0.6 is 0 Å². The third-order valence-corrected chi connectivity index (χ3v) is 3.87. The molecule has 0 spiro atoms. The number of amides is 1. The van der Waals surface area contributed by atoms with E-state index in [2.05, 4.69) is 38.1 Å². The van der Waals surface area contributed by atoms with Crippen molar-refractivity contribution in [3.63, 3.8) is 0 Å². The Hall–Kier alpha value is -1.35. The predicted molar refractivity (Wildman–Crippen MR) is 76.0 cm³/mol. The normalized spacial score (nSPS) is 19.5. The Balaban J connectivity index is 1.87. The minimum Gasteiger partial charge on any atom is -0.396 e. The number of aliphatic hydroxyl groups is 1. The number of likely N-dealkylation sites (tertiary alicyclic amines) is 1. The molecule has 2 rings (SSSR count). The zero-order valence-corrected chi connectivity index (χ0v) is 11.8. The molecule has 104 valence electrons. The Morgan fingerprint density at radius 2 is 2.00 bits per heavy atom. The van der Waals surface area contributed by atoms with Crippen LogP contribution in [0.2, 0.25) is 0 Å². The third kappa shape index (κ3) is 3.57. The molecule has 0 saturated carbocycles. The molecule has 1 amide bonds. The summed E-state index contributed by atoms with van der Waals surface area (Å²) in [6, 6.07) is 8.64. The predicted octanol–water partition coefficient (Wildman–Crippen LogP) is 2.19. The van der Waals surface area contributed by atoms with Crippen molar-refractivity contribution in [2.45, 2.75) is 32.6 Å². The van der Waals surface area contributed by atoms with E-state index in [1.165, 1.54) is 11.1 Å². The average Bonchev–Trinajstić information content (AvgIpc) is 2.77. The van der Waals surface area contributed by atoms with Crippen molar-refractivity contribution in [2.24, 2.45) is 5.92 Å². The maximum atomic E-state index is 11.7. The second-order valence-corrected chi connectivity index (χ2v) is 5.74. The quantitative estimate of drug-likeness (QED) is 0.882. The lowest BCUT2D eigenvalue weighted by Gasteiger charge is -2.16. The monoisotopic (exact) mass is 261 g/mol. The van der Waals surface area contributed by atoms with Gasteiger partial charge in [0, 0.05) is 32.0 Å². The highest BCUT2D eigenvalue weighted by atomic mass is 16.3. The molecule has 1 unspecified atom stereocenters. The first-order valence-electron chi connectivity index (χ1n) is 7.07. The van der Waals surface area contributed by atoms with E-state index in [0.29, 0.717) is 18.9 Å². The number of benzene rings is 1. The van der Waals surface area contributed by atoms with Gasteiger partial charge in [0.15, 0.2) is 0 Å². The number of rotatable bonds is 5. The molecular formula is C16H23NO2. The highest BCUT2D eigenvalue weighted by molar-refractivity contribution is 5.78. The van der Waals surface area contributed by atoms with Crippen LogP contribution in [-0.4, -0.2) is 35.6 Å². The van der Waals surface area contributed by atoms with Crippen LogP contribution in [0.25, 0.3) is 0 Å². The van der Waals surface area contributed by atoms with E-state index >= 15 is 0 Å². The fourth-order valence-electron chi connectivity index (χ4n) is 2.53. The summed E-state index contributed by atoms with van der Waals surface area (Å²) in [5.74, 6) is 0.869. The lowest BCUT2D eigenvalue weighted by Crippen LogP contribution is -2.27. The SMILES string of the molecule is CC(C)c1ccc(CCN2CC(CO)CC2=O)cc1. The van der Waals surface area contributed by atoms with E-state index in [0.717, 1.165) is 13.0 Å². The van der Waals surface area contributed by atoms with Gasteiger partial charge in [-0.1, -0.05) is 38.1 Å². The highest BCUT2D eigenvalue weighted by Gasteiger charge is 2.28. The number of carbonyl (C=O) groups excluding carboxylic acids is 1. The molecule has 1 aliphatic rings. The zero-order chi connectivity index (χ0) is 13.8. The molecule has 3 heteroatoms. The minimum absolute atomic E-state index is 0.116. The molecule has 1 aromatic rings. The zero-order valence-electron chi connectivity index (χ0n) is 11.8. The van der Waals surface area contributed by atoms with Crippen molar-refractivity contribution in [1.29, 1.82) is 0 Å². The topological polar surface area (TPSA) is 40.5 Å². The fourth-order valence-corrected chi connectivity index (χ4v) is 2.53. The van der Waals surface area contributed by atoms with E-state index < -0.39 is 0 Å². The van der Waals surface area contributed by atoms with Crippen molar-refractivity contribution < 1.29 is 9.90 Å². The smallest absolute Gasteiger partial charge is 0.223 e. The maximum Gasteiger partial charge on any atom is 0.223 e. The van der Waals surface area contributed by atoms with Crippen LogP contribution < -0.4 is 0 Å². The average molecular weight is 261 g/mol. The summed E-state index contributed by atoms with van der Waals surface area (Å²) in [6.07, 6.45) is 1.39. The number of aliphatic hydroxyl groups excluding tert-OH is 1. The molecule has 0 radical (unpaired) electrons. The Labute approximate surface area is 115 Å². The first-order valence-corrected chi connectivity index (χ1v) is 7.07. The molecule has 19 heavy (non-hydrogen) atoms. The van der Waals surface area contributed by atoms with Crippen LogP contribution in [0.4, 0.5) is 0 Å². The molecule has 1 aromatic carbocycles. The Bertz CT molecular complexity index is 425. The van der Waals surface area contributed by atoms with Gasteiger partial charge in [-0.25, -0.2) is 0 Å². The summed E-state index contributed by atoms with van der Waals surface area (Å²) in [5.41, 5.74) is 2.62. The lowest BCUT2D eigenvalue weighted by atomic mass is 10.0. The van der Waals surface area contributed by atoms with Gasteiger partial charge in [0.25, 0.3) is 0 Å². The van der Waals surface area contributed by atoms with Crippen LogP contribution in [0.5, 0.6) is 0 Å². The molecule has 1 heterocycles. The van der Waals surface area contributed by atoms with Gasteiger partial charge in [0.2, 0.25) is 5.91 Å². The fraction of sp³-hybridized carbons (Fsp3) is 0.562. The van der Waals surface area contributed by atoms with E-state index in [1.807, 2.05) is 4.90 Å². The number of nitrogens with zero attached hydrogens (tertiary/aromatic N) is 1. The number of carbonyl (C=O) groups is 1. The Kier molecular flexibility index (Phi) is 4.59. The molecule has 1 N–H and O–H groups in total. The molecule has 3 nitrogen and oxygen atoms in total. The third-order valence-electron chi connectivity index (χ3n) is 3.87. The molecule has 1 saturated heterocycles. The second kappa shape index (κ2) is 6.20. The molecule has 0 aliphatic carbocycles. The van der Waals surface area contributed by atoms with Crippen LogP contribution in [0.3, 0.4) is 0 Å². The van der Waals surface area contributed by atoms with E-state index in [4.69, 9.17) is 5.11 Å². The maximum absolute atomic E-state index is 11.7. The van der Waals surface area contributed by atoms with Crippen LogP contribution in [0.15, 0.2) is 24.3 Å². The van der Waals surface area contributed by atoms with Gasteiger partial charge >= 0.3 is 0 Å². The minimum atomic E-state index is 0.116. The summed E-state index contributed by atoms with van der Waals surface area (Å²) in [6.45, 7) is 5.96. The van der Waals surface area contributed by atoms with Gasteiger partial charge in [-0.2, -0.15) is 0 Å². The van der Waals surface area contributed by atoms with E-state index in [1.54, 1.807) is 0 Å². The van der Waals surface area contributed by atoms with Gasteiger partial charge in [0.05, 0.1) is 0 Å². The molecule has 1 fully saturated rings. The summed E-state index contributed by atoms with van der Waals surface area (Å²) >= 11 is 0. The van der Waals surface area contributed by atoms with Gasteiger partial charge in [0.1, 0.15) is 0 Å². The van der Waals surface area contributed by atoms with Crippen LogP contribution in [-0.2, 0) is 11.2 Å². The first-order chi connectivity index (χ1) is 9.10. The number of hydrogen-bond donors (Lipinski definition) is 1. The van der Waals surface area contributed by atoms with Crippen molar-refractivity contribution in [3.8, 4) is 0 Å². The largest absolute Gasteiger partial charge is 0.396 e. The molecule has 1 aliphatic heterocycles. The molecule has 0 bridgehead atoms. The number of hydrogen-bond acceptors (Lipinski definition) is 2. The van der Waals surface area contributed by atoms with Crippen molar-refractivity contribution in [3.05, 3.63) is 35.4 Å². The van der Waals surface area contributed by atoms with Gasteiger partial charge in [-0.15, -0.1) is 0 Å². The highest BCUT2D eigenvalue weighted by Crippen LogP contribution is 2.18. The van der Waals surface area contributed by atoms with E-state index in [9.17, 15) is 4.79 Å². The first kappa shape index (κ1) is 14.1. The Morgan fingerprint density at radius 1 is 1.32 bits per heavy atom. The van der Waals surface area contributed by atoms with Crippen molar-refractivity contribution in [2.75, 3.05) is 19.7 Å². The van der Waals surface area contributed by atoms with Gasteiger partial charge in [-0.05, 0) is 23.5 Å². The molecule has 0 aromatic heterocycles. The van der Waals surface area contributed by atoms with Gasteiger partial charge in [-0.3, -0.25) is 4.79 Å². The van der Waals surface area contributed by atoms with Crippen molar-refractivity contribution >= 4 is 5.91 Å². The summed E-state index contributed by atoms with van der Waals surface area (Å²) < 4.78 is 0. The Morgan fingerprint density at radius 3 is 2.53 bits per heavy atom. The standard InChI is InChI=1S/C16H23NO2/c1-12(2)15-5-3-13(4-6-15)7-8-17-10-14(11-18)9-16(17)19/h3-6,12,14,18H,7-11H2,1-2H3. The lowest BCUT2D eigenvalue weighted by molar-refractivity contribution is -0.127. The molecular weight excluding hydrogens is 238 g/mol. The van der Waals surface area contributed by atoms with Gasteiger partial charge < -0.3 is 10.0 Å². The second-order valence-electron chi connectivity index (χ2n) is 5.74. The molecule has 1 atom stereocenters. The van der Waals surface area contributed by atoms with Crippen LogP contribution in [0, 0.1) is 5.92 Å². The van der Waals surface area contributed by atoms with Crippen LogP contribution in [0.1, 0.15) is 37.3 Å².